The van der Waals surface area contributed by atoms with E-state index in [0.717, 1.165) is 29.5 Å². The van der Waals surface area contributed by atoms with Gasteiger partial charge in [0.1, 0.15) is 6.04 Å². The van der Waals surface area contributed by atoms with Gasteiger partial charge in [-0.3, -0.25) is 4.79 Å². The first-order valence-electron chi connectivity index (χ1n) is 11.8. The van der Waals surface area contributed by atoms with E-state index in [-0.39, 0.29) is 11.9 Å². The van der Waals surface area contributed by atoms with E-state index in [1.165, 1.54) is 5.56 Å². The molecule has 0 fully saturated rings. The van der Waals surface area contributed by atoms with Crippen LogP contribution in [0.5, 0.6) is 0 Å². The molecular formula is C28H34N4O2. The van der Waals surface area contributed by atoms with Gasteiger partial charge in [-0.2, -0.15) is 0 Å². The molecule has 3 aromatic rings. The number of nitrogens with one attached hydrogen (secondary N) is 3. The number of carbonyl (C=O) groups is 2. The van der Waals surface area contributed by atoms with Crippen molar-refractivity contribution in [3.63, 3.8) is 0 Å². The van der Waals surface area contributed by atoms with Gasteiger partial charge in [-0.25, -0.2) is 4.79 Å². The molecule has 5 N–H and O–H groups in total. The SMILES string of the molecule is Cc1ccc(NC(=O)[C@H](CCCCN)NC(=O)NCCc2ccc(-c3ccccc3)cc2)cc1. The molecule has 0 aliphatic rings. The highest BCUT2D eigenvalue weighted by Gasteiger charge is 2.20. The number of hydrogen-bond donors (Lipinski definition) is 4. The minimum Gasteiger partial charge on any atom is -0.338 e. The third-order valence-corrected chi connectivity index (χ3v) is 5.65. The van der Waals surface area contributed by atoms with Crippen LogP contribution < -0.4 is 21.7 Å². The third-order valence-electron chi connectivity index (χ3n) is 5.65. The molecule has 3 aromatic carbocycles. The highest BCUT2D eigenvalue weighted by molar-refractivity contribution is 5.97. The quantitative estimate of drug-likeness (QED) is 0.315. The van der Waals surface area contributed by atoms with E-state index in [0.29, 0.717) is 31.6 Å². The largest absolute Gasteiger partial charge is 0.338 e. The number of unbranched alkanes of at least 4 members (excludes halogenated alkanes) is 1. The lowest BCUT2D eigenvalue weighted by molar-refractivity contribution is -0.118. The van der Waals surface area contributed by atoms with Crippen molar-refractivity contribution in [1.29, 1.82) is 0 Å². The Labute approximate surface area is 202 Å². The monoisotopic (exact) mass is 458 g/mol. The first-order valence-corrected chi connectivity index (χ1v) is 11.8. The van der Waals surface area contributed by atoms with Crippen molar-refractivity contribution in [3.8, 4) is 11.1 Å². The van der Waals surface area contributed by atoms with Crippen molar-refractivity contribution < 1.29 is 9.59 Å². The zero-order chi connectivity index (χ0) is 24.2. The molecule has 3 amide bonds. The highest BCUT2D eigenvalue weighted by atomic mass is 16.2. The molecule has 0 aromatic heterocycles. The standard InChI is InChI=1S/C28H34N4O2/c1-21-10-16-25(17-11-21)31-27(33)26(9-5-6-19-29)32-28(34)30-20-18-22-12-14-24(15-13-22)23-7-3-2-4-8-23/h2-4,7-8,10-17,26H,5-6,9,18-20,29H2,1H3,(H,31,33)(H2,30,32,34)/t26-/m0/s1. The average molecular weight is 459 g/mol. The van der Waals surface area contributed by atoms with E-state index in [2.05, 4.69) is 52.3 Å². The van der Waals surface area contributed by atoms with Crippen LogP contribution in [0.4, 0.5) is 10.5 Å². The molecule has 0 unspecified atom stereocenters. The molecule has 0 aliphatic heterocycles. The van der Waals surface area contributed by atoms with Gasteiger partial charge >= 0.3 is 6.03 Å². The van der Waals surface area contributed by atoms with Crippen molar-refractivity contribution in [2.45, 2.75) is 38.6 Å². The van der Waals surface area contributed by atoms with Crippen LogP contribution in [-0.2, 0) is 11.2 Å². The molecule has 0 heterocycles. The Kier molecular flexibility index (Phi) is 9.67. The molecule has 0 radical (unpaired) electrons. The summed E-state index contributed by atoms with van der Waals surface area (Å²) in [6.07, 6.45) is 2.80. The van der Waals surface area contributed by atoms with Crippen molar-refractivity contribution in [1.82, 2.24) is 10.6 Å². The number of benzene rings is 3. The second kappa shape index (κ2) is 13.2. The lowest BCUT2D eigenvalue weighted by Crippen LogP contribution is -2.48. The molecule has 0 saturated heterocycles. The van der Waals surface area contributed by atoms with Crippen molar-refractivity contribution in [2.75, 3.05) is 18.4 Å². The molecular weight excluding hydrogens is 424 g/mol. The molecule has 3 rings (SSSR count). The van der Waals surface area contributed by atoms with Crippen LogP contribution in [-0.4, -0.2) is 31.1 Å². The van der Waals surface area contributed by atoms with Gasteiger partial charge in [-0.1, -0.05) is 72.3 Å². The Morgan fingerprint density at radius 1 is 0.853 bits per heavy atom. The van der Waals surface area contributed by atoms with Gasteiger partial charge in [0.05, 0.1) is 0 Å². The first kappa shape index (κ1) is 25.0. The maximum Gasteiger partial charge on any atom is 0.315 e. The Morgan fingerprint density at radius 2 is 1.53 bits per heavy atom. The van der Waals surface area contributed by atoms with E-state index >= 15 is 0 Å². The van der Waals surface area contributed by atoms with Crippen LogP contribution in [0.2, 0.25) is 0 Å². The number of hydrogen-bond acceptors (Lipinski definition) is 3. The van der Waals surface area contributed by atoms with Crippen LogP contribution in [0.3, 0.4) is 0 Å². The Balaban J connectivity index is 1.49. The normalized spacial score (nSPS) is 11.5. The summed E-state index contributed by atoms with van der Waals surface area (Å²) in [6, 6.07) is 25.2. The molecule has 0 spiro atoms. The lowest BCUT2D eigenvalue weighted by Gasteiger charge is -2.19. The first-order chi connectivity index (χ1) is 16.5. The molecule has 0 saturated carbocycles. The number of aryl methyl sites for hydroxylation is 1. The van der Waals surface area contributed by atoms with Crippen LogP contribution in [0.15, 0.2) is 78.9 Å². The third kappa shape index (κ3) is 8.05. The van der Waals surface area contributed by atoms with Crippen molar-refractivity contribution in [3.05, 3.63) is 90.0 Å². The maximum absolute atomic E-state index is 12.8. The van der Waals surface area contributed by atoms with Crippen LogP contribution in [0.25, 0.3) is 11.1 Å². The van der Waals surface area contributed by atoms with Gasteiger partial charge in [0.15, 0.2) is 0 Å². The number of urea groups is 1. The number of nitrogens with two attached hydrogens (primary N) is 1. The van der Waals surface area contributed by atoms with Crippen LogP contribution in [0.1, 0.15) is 30.4 Å². The summed E-state index contributed by atoms with van der Waals surface area (Å²) < 4.78 is 0. The van der Waals surface area contributed by atoms with Gasteiger partial charge < -0.3 is 21.7 Å². The number of anilines is 1. The minimum atomic E-state index is -0.627. The molecule has 0 aliphatic carbocycles. The zero-order valence-corrected chi connectivity index (χ0v) is 19.7. The lowest BCUT2D eigenvalue weighted by atomic mass is 10.0. The number of carbonyl (C=O) groups excluding carboxylic acids is 2. The average Bonchev–Trinajstić information content (AvgIpc) is 2.86. The molecule has 34 heavy (non-hydrogen) atoms. The highest BCUT2D eigenvalue weighted by Crippen LogP contribution is 2.19. The molecule has 0 bridgehead atoms. The van der Waals surface area contributed by atoms with Crippen LogP contribution >= 0.6 is 0 Å². The second-order valence-corrected chi connectivity index (χ2v) is 8.41. The molecule has 1 atom stereocenters. The number of rotatable bonds is 11. The summed E-state index contributed by atoms with van der Waals surface area (Å²) in [5.41, 5.74) is 10.9. The zero-order valence-electron chi connectivity index (χ0n) is 19.7. The second-order valence-electron chi connectivity index (χ2n) is 8.41. The number of amides is 3. The van der Waals surface area contributed by atoms with Crippen LogP contribution in [0, 0.1) is 6.92 Å². The van der Waals surface area contributed by atoms with E-state index in [9.17, 15) is 9.59 Å². The molecule has 6 nitrogen and oxygen atoms in total. The van der Waals surface area contributed by atoms with E-state index in [1.54, 1.807) is 0 Å². The molecule has 178 valence electrons. The van der Waals surface area contributed by atoms with Gasteiger partial charge in [-0.15, -0.1) is 0 Å². The summed E-state index contributed by atoms with van der Waals surface area (Å²) in [5, 5.41) is 8.58. The Morgan fingerprint density at radius 3 is 2.21 bits per heavy atom. The summed E-state index contributed by atoms with van der Waals surface area (Å²) >= 11 is 0. The fourth-order valence-electron chi connectivity index (χ4n) is 3.65. The van der Waals surface area contributed by atoms with Crippen molar-refractivity contribution >= 4 is 17.6 Å². The smallest absolute Gasteiger partial charge is 0.315 e. The van der Waals surface area contributed by atoms with E-state index < -0.39 is 6.04 Å². The minimum absolute atomic E-state index is 0.229. The van der Waals surface area contributed by atoms with Gasteiger partial charge in [0.2, 0.25) is 5.91 Å². The van der Waals surface area contributed by atoms with Gasteiger partial charge in [-0.05, 0) is 68.0 Å². The topological polar surface area (TPSA) is 96.2 Å². The van der Waals surface area contributed by atoms with E-state index in [1.807, 2.05) is 49.4 Å². The Bertz CT molecular complexity index is 1030. The summed E-state index contributed by atoms with van der Waals surface area (Å²) in [6.45, 7) is 3.03. The van der Waals surface area contributed by atoms with E-state index in [4.69, 9.17) is 5.73 Å². The maximum atomic E-state index is 12.8. The van der Waals surface area contributed by atoms with Crippen molar-refractivity contribution in [2.24, 2.45) is 5.73 Å². The van der Waals surface area contributed by atoms with Gasteiger partial charge in [0.25, 0.3) is 0 Å². The van der Waals surface area contributed by atoms with Gasteiger partial charge in [0, 0.05) is 12.2 Å². The fourth-order valence-corrected chi connectivity index (χ4v) is 3.65. The summed E-state index contributed by atoms with van der Waals surface area (Å²) in [4.78, 5) is 25.3. The fraction of sp³-hybridized carbons (Fsp3) is 0.286. The summed E-state index contributed by atoms with van der Waals surface area (Å²) in [7, 11) is 0. The molecule has 6 heteroatoms. The predicted octanol–water partition coefficient (Wildman–Crippen LogP) is 4.64. The Hall–Kier alpha value is -3.64. The summed E-state index contributed by atoms with van der Waals surface area (Å²) in [5.74, 6) is -0.229. The predicted molar refractivity (Wildman–Crippen MR) is 139 cm³/mol.